The fourth-order valence-electron chi connectivity index (χ4n) is 1.24. The number of carbonyl (C=O) groups is 1. The van der Waals surface area contributed by atoms with E-state index in [1.165, 1.54) is 25.3 Å². The SMILES string of the molecule is CCCCOC(=O)c1ccc(O)cc1OC. The van der Waals surface area contributed by atoms with Crippen molar-refractivity contribution in [1.29, 1.82) is 0 Å². The van der Waals surface area contributed by atoms with Crippen LogP contribution in [0.3, 0.4) is 0 Å². The first-order valence-corrected chi connectivity index (χ1v) is 5.23. The Morgan fingerprint density at radius 2 is 2.19 bits per heavy atom. The number of esters is 1. The molecule has 0 bridgehead atoms. The molecule has 0 unspecified atom stereocenters. The highest BCUT2D eigenvalue weighted by molar-refractivity contribution is 5.92. The minimum Gasteiger partial charge on any atom is -0.508 e. The number of methoxy groups -OCH3 is 1. The zero-order valence-corrected chi connectivity index (χ0v) is 9.53. The minimum atomic E-state index is -0.426. The Balaban J connectivity index is 2.74. The Labute approximate surface area is 94.8 Å². The van der Waals surface area contributed by atoms with Crippen molar-refractivity contribution < 1.29 is 19.4 Å². The number of aromatic hydroxyl groups is 1. The van der Waals surface area contributed by atoms with Crippen LogP contribution in [0.4, 0.5) is 0 Å². The van der Waals surface area contributed by atoms with Gasteiger partial charge in [0.15, 0.2) is 0 Å². The third-order valence-corrected chi connectivity index (χ3v) is 2.14. The fraction of sp³-hybridized carbons (Fsp3) is 0.417. The number of hydrogen-bond acceptors (Lipinski definition) is 4. The lowest BCUT2D eigenvalue weighted by Gasteiger charge is -2.08. The van der Waals surface area contributed by atoms with Crippen molar-refractivity contribution in [1.82, 2.24) is 0 Å². The number of unbranched alkanes of at least 4 members (excludes halogenated alkanes) is 1. The number of rotatable bonds is 5. The van der Waals surface area contributed by atoms with Crippen LogP contribution in [0.25, 0.3) is 0 Å². The van der Waals surface area contributed by atoms with E-state index in [9.17, 15) is 9.90 Å². The van der Waals surface area contributed by atoms with Crippen molar-refractivity contribution in [2.75, 3.05) is 13.7 Å². The van der Waals surface area contributed by atoms with E-state index in [1.54, 1.807) is 0 Å². The summed E-state index contributed by atoms with van der Waals surface area (Å²) in [6.45, 7) is 2.42. The molecule has 16 heavy (non-hydrogen) atoms. The number of phenols is 1. The highest BCUT2D eigenvalue weighted by Crippen LogP contribution is 2.24. The lowest BCUT2D eigenvalue weighted by molar-refractivity contribution is 0.0496. The third-order valence-electron chi connectivity index (χ3n) is 2.14. The number of hydrogen-bond donors (Lipinski definition) is 1. The standard InChI is InChI=1S/C12H16O4/c1-3-4-7-16-12(14)10-6-5-9(13)8-11(10)15-2/h5-6,8,13H,3-4,7H2,1-2H3. The van der Waals surface area contributed by atoms with Crippen molar-refractivity contribution in [3.63, 3.8) is 0 Å². The van der Waals surface area contributed by atoms with Gasteiger partial charge < -0.3 is 14.6 Å². The first kappa shape index (κ1) is 12.4. The van der Waals surface area contributed by atoms with Crippen LogP contribution in [0.2, 0.25) is 0 Å². The predicted octanol–water partition coefficient (Wildman–Crippen LogP) is 2.36. The van der Waals surface area contributed by atoms with Crippen molar-refractivity contribution in [2.45, 2.75) is 19.8 Å². The minimum absolute atomic E-state index is 0.0574. The number of ether oxygens (including phenoxy) is 2. The smallest absolute Gasteiger partial charge is 0.341 e. The van der Waals surface area contributed by atoms with Gasteiger partial charge in [0.25, 0.3) is 0 Å². The summed E-state index contributed by atoms with van der Waals surface area (Å²) >= 11 is 0. The molecule has 1 N–H and O–H groups in total. The second-order valence-electron chi connectivity index (χ2n) is 3.37. The quantitative estimate of drug-likeness (QED) is 0.616. The van der Waals surface area contributed by atoms with Crippen LogP contribution in [0.1, 0.15) is 30.1 Å². The van der Waals surface area contributed by atoms with Crippen LogP contribution in [0, 0.1) is 0 Å². The van der Waals surface area contributed by atoms with Gasteiger partial charge in [0.1, 0.15) is 17.1 Å². The molecule has 1 aromatic rings. The first-order chi connectivity index (χ1) is 7.69. The largest absolute Gasteiger partial charge is 0.508 e. The molecule has 0 radical (unpaired) electrons. The maximum Gasteiger partial charge on any atom is 0.341 e. The molecule has 0 atom stereocenters. The van der Waals surface area contributed by atoms with Crippen LogP contribution in [0.5, 0.6) is 11.5 Å². The summed E-state index contributed by atoms with van der Waals surface area (Å²) < 4.78 is 10.0. The van der Waals surface area contributed by atoms with E-state index < -0.39 is 5.97 Å². The second kappa shape index (κ2) is 6.00. The molecule has 0 saturated heterocycles. The van der Waals surface area contributed by atoms with Crippen LogP contribution < -0.4 is 4.74 Å². The molecule has 0 aliphatic heterocycles. The lowest BCUT2D eigenvalue weighted by Crippen LogP contribution is -2.07. The zero-order chi connectivity index (χ0) is 12.0. The van der Waals surface area contributed by atoms with Gasteiger partial charge in [-0.05, 0) is 18.6 Å². The van der Waals surface area contributed by atoms with E-state index in [0.29, 0.717) is 17.9 Å². The van der Waals surface area contributed by atoms with Gasteiger partial charge in [0, 0.05) is 6.07 Å². The summed E-state index contributed by atoms with van der Waals surface area (Å²) in [6.07, 6.45) is 1.81. The monoisotopic (exact) mass is 224 g/mol. The average molecular weight is 224 g/mol. The maximum atomic E-state index is 11.6. The van der Waals surface area contributed by atoms with E-state index in [-0.39, 0.29) is 5.75 Å². The number of benzene rings is 1. The van der Waals surface area contributed by atoms with Gasteiger partial charge in [-0.2, -0.15) is 0 Å². The van der Waals surface area contributed by atoms with Crippen LogP contribution >= 0.6 is 0 Å². The molecule has 88 valence electrons. The molecule has 1 rings (SSSR count). The Hall–Kier alpha value is -1.71. The van der Waals surface area contributed by atoms with E-state index in [4.69, 9.17) is 9.47 Å². The first-order valence-electron chi connectivity index (χ1n) is 5.23. The number of phenolic OH excluding ortho intramolecular Hbond substituents is 1. The molecule has 0 amide bonds. The van der Waals surface area contributed by atoms with Gasteiger partial charge in [-0.25, -0.2) is 4.79 Å². The van der Waals surface area contributed by atoms with Gasteiger partial charge in [0.2, 0.25) is 0 Å². The van der Waals surface area contributed by atoms with Gasteiger partial charge in [-0.1, -0.05) is 13.3 Å². The zero-order valence-electron chi connectivity index (χ0n) is 9.53. The normalized spacial score (nSPS) is 9.88. The lowest BCUT2D eigenvalue weighted by atomic mass is 10.2. The third kappa shape index (κ3) is 3.15. The average Bonchev–Trinajstić information content (AvgIpc) is 2.29. The van der Waals surface area contributed by atoms with E-state index >= 15 is 0 Å². The molecule has 0 aliphatic carbocycles. The van der Waals surface area contributed by atoms with Gasteiger partial charge in [-0.15, -0.1) is 0 Å². The topological polar surface area (TPSA) is 55.8 Å². The molecule has 0 fully saturated rings. The van der Waals surface area contributed by atoms with Gasteiger partial charge >= 0.3 is 5.97 Å². The fourth-order valence-corrected chi connectivity index (χ4v) is 1.24. The number of carbonyl (C=O) groups excluding carboxylic acids is 1. The molecule has 0 aromatic heterocycles. The molecule has 0 heterocycles. The van der Waals surface area contributed by atoms with Crippen LogP contribution in [-0.4, -0.2) is 24.8 Å². The Bertz CT molecular complexity index is 360. The van der Waals surface area contributed by atoms with E-state index in [0.717, 1.165) is 12.8 Å². The van der Waals surface area contributed by atoms with Crippen LogP contribution in [0.15, 0.2) is 18.2 Å². The van der Waals surface area contributed by atoms with Gasteiger partial charge in [0.05, 0.1) is 13.7 Å². The summed E-state index contributed by atoms with van der Waals surface area (Å²) in [5, 5.41) is 9.23. The molecule has 0 aliphatic rings. The molecule has 4 heteroatoms. The van der Waals surface area contributed by atoms with E-state index in [1.807, 2.05) is 6.92 Å². The predicted molar refractivity (Wildman–Crippen MR) is 59.8 cm³/mol. The molecular formula is C12H16O4. The van der Waals surface area contributed by atoms with Crippen molar-refractivity contribution >= 4 is 5.97 Å². The summed E-state index contributed by atoms with van der Waals surface area (Å²) in [5.41, 5.74) is 0.330. The molecule has 4 nitrogen and oxygen atoms in total. The highest BCUT2D eigenvalue weighted by atomic mass is 16.5. The molecule has 0 saturated carbocycles. The van der Waals surface area contributed by atoms with Crippen molar-refractivity contribution in [3.05, 3.63) is 23.8 Å². The summed E-state index contributed by atoms with van der Waals surface area (Å²) in [6, 6.07) is 4.30. The second-order valence-corrected chi connectivity index (χ2v) is 3.37. The van der Waals surface area contributed by atoms with E-state index in [2.05, 4.69) is 0 Å². The highest BCUT2D eigenvalue weighted by Gasteiger charge is 2.13. The maximum absolute atomic E-state index is 11.6. The summed E-state index contributed by atoms with van der Waals surface area (Å²) in [7, 11) is 1.44. The molecule has 1 aromatic carbocycles. The Morgan fingerprint density at radius 3 is 2.81 bits per heavy atom. The van der Waals surface area contributed by atoms with Gasteiger partial charge in [-0.3, -0.25) is 0 Å². The molecule has 0 spiro atoms. The van der Waals surface area contributed by atoms with Crippen molar-refractivity contribution in [2.24, 2.45) is 0 Å². The summed E-state index contributed by atoms with van der Waals surface area (Å²) in [4.78, 5) is 11.6. The van der Waals surface area contributed by atoms with Crippen molar-refractivity contribution in [3.8, 4) is 11.5 Å². The Morgan fingerprint density at radius 1 is 1.44 bits per heavy atom. The van der Waals surface area contributed by atoms with Crippen LogP contribution in [-0.2, 0) is 4.74 Å². The summed E-state index contributed by atoms with van der Waals surface area (Å²) in [5.74, 6) is -0.0474. The Kier molecular flexibility index (Phi) is 4.64. The molecular weight excluding hydrogens is 208 g/mol.